The number of thioether (sulfide) groups is 1. The van der Waals surface area contributed by atoms with Gasteiger partial charge in [-0.3, -0.25) is 9.36 Å². The lowest BCUT2D eigenvalue weighted by Gasteiger charge is -2.19. The van der Waals surface area contributed by atoms with Gasteiger partial charge in [-0.2, -0.15) is 0 Å². The van der Waals surface area contributed by atoms with E-state index in [1.54, 1.807) is 29.9 Å². The smallest absolute Gasteiger partial charge is 0.262 e. The molecule has 136 valence electrons. The van der Waals surface area contributed by atoms with Crippen molar-refractivity contribution >= 4 is 45.9 Å². The molecule has 1 heterocycles. The summed E-state index contributed by atoms with van der Waals surface area (Å²) >= 11 is 14.0. The van der Waals surface area contributed by atoms with Crippen molar-refractivity contribution < 1.29 is 4.74 Å². The summed E-state index contributed by atoms with van der Waals surface area (Å²) in [5.41, 5.74) is 1.42. The van der Waals surface area contributed by atoms with Gasteiger partial charge in [0, 0.05) is 22.9 Å². The van der Waals surface area contributed by atoms with Crippen molar-refractivity contribution in [2.24, 2.45) is 0 Å². The lowest BCUT2D eigenvalue weighted by molar-refractivity contribution is 0.156. The molecule has 0 aliphatic rings. The standard InChI is InChI=1S/C19H18Cl2N2O2S/c1-12(10-25-2)23-18(24)13-6-3-4-9-17(13)22-19(23)26-11-14-15(20)7-5-8-16(14)21/h3-9,12H,10-11H2,1-2H3. The van der Waals surface area contributed by atoms with E-state index in [2.05, 4.69) is 0 Å². The summed E-state index contributed by atoms with van der Waals surface area (Å²) in [6.45, 7) is 2.36. The van der Waals surface area contributed by atoms with Gasteiger partial charge in [0.15, 0.2) is 5.16 Å². The van der Waals surface area contributed by atoms with Crippen LogP contribution in [0.15, 0.2) is 52.4 Å². The monoisotopic (exact) mass is 408 g/mol. The number of halogens is 2. The molecule has 1 unspecified atom stereocenters. The van der Waals surface area contributed by atoms with Crippen LogP contribution in [0.4, 0.5) is 0 Å². The third-order valence-electron chi connectivity index (χ3n) is 4.03. The van der Waals surface area contributed by atoms with E-state index in [-0.39, 0.29) is 11.6 Å². The van der Waals surface area contributed by atoms with Crippen LogP contribution in [0.3, 0.4) is 0 Å². The molecule has 0 fully saturated rings. The van der Waals surface area contributed by atoms with Crippen molar-refractivity contribution in [2.75, 3.05) is 13.7 Å². The fraction of sp³-hybridized carbons (Fsp3) is 0.263. The first-order valence-corrected chi connectivity index (χ1v) is 9.83. The maximum absolute atomic E-state index is 13.0. The molecule has 0 radical (unpaired) electrons. The zero-order chi connectivity index (χ0) is 18.7. The maximum atomic E-state index is 13.0. The van der Waals surface area contributed by atoms with Gasteiger partial charge in [0.05, 0.1) is 23.6 Å². The quantitative estimate of drug-likeness (QED) is 0.415. The van der Waals surface area contributed by atoms with E-state index in [0.29, 0.717) is 38.5 Å². The predicted octanol–water partition coefficient (Wildman–Crippen LogP) is 5.20. The number of methoxy groups -OCH3 is 1. The number of fused-ring (bicyclic) bond motifs is 1. The maximum Gasteiger partial charge on any atom is 0.262 e. The number of para-hydroxylation sites is 1. The van der Waals surface area contributed by atoms with Gasteiger partial charge in [0.2, 0.25) is 0 Å². The van der Waals surface area contributed by atoms with Crippen molar-refractivity contribution in [1.29, 1.82) is 0 Å². The van der Waals surface area contributed by atoms with E-state index in [0.717, 1.165) is 5.56 Å². The van der Waals surface area contributed by atoms with Gasteiger partial charge < -0.3 is 4.74 Å². The van der Waals surface area contributed by atoms with Gasteiger partial charge in [0.1, 0.15) is 0 Å². The molecule has 0 saturated heterocycles. The summed E-state index contributed by atoms with van der Waals surface area (Å²) < 4.78 is 6.92. The highest BCUT2D eigenvalue weighted by Crippen LogP contribution is 2.31. The van der Waals surface area contributed by atoms with Crippen LogP contribution < -0.4 is 5.56 Å². The van der Waals surface area contributed by atoms with Crippen LogP contribution in [0.25, 0.3) is 10.9 Å². The number of benzene rings is 2. The molecule has 1 atom stereocenters. The molecule has 0 N–H and O–H groups in total. The molecule has 7 heteroatoms. The number of rotatable bonds is 6. The van der Waals surface area contributed by atoms with Crippen LogP contribution in [-0.2, 0) is 10.5 Å². The third-order valence-corrected chi connectivity index (χ3v) is 5.72. The number of ether oxygens (including phenoxy) is 1. The molecule has 0 spiro atoms. The van der Waals surface area contributed by atoms with Gasteiger partial charge in [-0.1, -0.05) is 53.2 Å². The third kappa shape index (κ3) is 3.91. The Morgan fingerprint density at radius 3 is 2.54 bits per heavy atom. The summed E-state index contributed by atoms with van der Waals surface area (Å²) in [7, 11) is 1.62. The minimum atomic E-state index is -0.145. The molecule has 1 aromatic heterocycles. The molecule has 0 aliphatic carbocycles. The van der Waals surface area contributed by atoms with Gasteiger partial charge in [0.25, 0.3) is 5.56 Å². The average molecular weight is 409 g/mol. The highest BCUT2D eigenvalue weighted by molar-refractivity contribution is 7.98. The summed E-state index contributed by atoms with van der Waals surface area (Å²) in [4.78, 5) is 17.7. The number of aromatic nitrogens is 2. The Balaban J connectivity index is 2.06. The van der Waals surface area contributed by atoms with Crippen molar-refractivity contribution in [3.05, 3.63) is 68.4 Å². The number of hydrogen-bond acceptors (Lipinski definition) is 4. The second-order valence-corrected chi connectivity index (χ2v) is 7.64. The highest BCUT2D eigenvalue weighted by Gasteiger charge is 2.17. The van der Waals surface area contributed by atoms with Crippen molar-refractivity contribution in [3.8, 4) is 0 Å². The summed E-state index contributed by atoms with van der Waals surface area (Å²) in [5.74, 6) is 0.517. The van der Waals surface area contributed by atoms with Crippen LogP contribution in [0, 0.1) is 0 Å². The zero-order valence-electron chi connectivity index (χ0n) is 14.4. The molecular formula is C19H18Cl2N2O2S. The van der Waals surface area contributed by atoms with E-state index in [1.165, 1.54) is 11.8 Å². The second-order valence-electron chi connectivity index (χ2n) is 5.88. The molecule has 0 bridgehead atoms. The second kappa shape index (κ2) is 8.44. The molecule has 26 heavy (non-hydrogen) atoms. The van der Waals surface area contributed by atoms with Gasteiger partial charge >= 0.3 is 0 Å². The molecular weight excluding hydrogens is 391 g/mol. The number of hydrogen-bond donors (Lipinski definition) is 0. The Morgan fingerprint density at radius 1 is 1.15 bits per heavy atom. The fourth-order valence-electron chi connectivity index (χ4n) is 2.74. The molecule has 0 saturated carbocycles. The van der Waals surface area contributed by atoms with Crippen LogP contribution >= 0.6 is 35.0 Å². The van der Waals surface area contributed by atoms with E-state index >= 15 is 0 Å². The molecule has 4 nitrogen and oxygen atoms in total. The Kier molecular flexibility index (Phi) is 6.24. The summed E-state index contributed by atoms with van der Waals surface area (Å²) in [6, 6.07) is 12.6. The van der Waals surface area contributed by atoms with Crippen LogP contribution in [0.1, 0.15) is 18.5 Å². The Hall–Kier alpha value is -1.53. The van der Waals surface area contributed by atoms with E-state index < -0.39 is 0 Å². The lowest BCUT2D eigenvalue weighted by Crippen LogP contribution is -2.28. The lowest BCUT2D eigenvalue weighted by atomic mass is 10.2. The van der Waals surface area contributed by atoms with Crippen LogP contribution in [0.2, 0.25) is 10.0 Å². The topological polar surface area (TPSA) is 44.1 Å². The first-order valence-electron chi connectivity index (χ1n) is 8.08. The van der Waals surface area contributed by atoms with Gasteiger partial charge in [-0.25, -0.2) is 4.98 Å². The first-order chi connectivity index (χ1) is 12.5. The molecule has 3 rings (SSSR count). The average Bonchev–Trinajstić information content (AvgIpc) is 2.61. The fourth-order valence-corrected chi connectivity index (χ4v) is 4.58. The van der Waals surface area contributed by atoms with Crippen molar-refractivity contribution in [3.63, 3.8) is 0 Å². The van der Waals surface area contributed by atoms with E-state index in [9.17, 15) is 4.79 Å². The van der Waals surface area contributed by atoms with Crippen molar-refractivity contribution in [2.45, 2.75) is 23.9 Å². The summed E-state index contributed by atoms with van der Waals surface area (Å²) in [6.07, 6.45) is 0. The van der Waals surface area contributed by atoms with E-state index in [4.69, 9.17) is 32.9 Å². The molecule has 0 aliphatic heterocycles. The Bertz CT molecular complexity index is 971. The highest BCUT2D eigenvalue weighted by atomic mass is 35.5. The largest absolute Gasteiger partial charge is 0.383 e. The normalized spacial score (nSPS) is 12.5. The molecule has 0 amide bonds. The van der Waals surface area contributed by atoms with Crippen LogP contribution in [-0.4, -0.2) is 23.3 Å². The summed E-state index contributed by atoms with van der Waals surface area (Å²) in [5, 5.41) is 2.42. The van der Waals surface area contributed by atoms with Crippen LogP contribution in [0.5, 0.6) is 0 Å². The minimum Gasteiger partial charge on any atom is -0.383 e. The van der Waals surface area contributed by atoms with Crippen molar-refractivity contribution in [1.82, 2.24) is 9.55 Å². The Labute approximate surface area is 166 Å². The van der Waals surface area contributed by atoms with Gasteiger partial charge in [-0.15, -0.1) is 0 Å². The molecule has 3 aromatic rings. The number of nitrogens with zero attached hydrogens (tertiary/aromatic N) is 2. The van der Waals surface area contributed by atoms with Gasteiger partial charge in [-0.05, 0) is 36.8 Å². The zero-order valence-corrected chi connectivity index (χ0v) is 16.7. The SMILES string of the molecule is COCC(C)n1c(SCc2c(Cl)cccc2Cl)nc2ccccc2c1=O. The molecule has 2 aromatic carbocycles. The Morgan fingerprint density at radius 2 is 1.85 bits per heavy atom. The minimum absolute atomic E-state index is 0.0760. The van der Waals surface area contributed by atoms with E-state index in [1.807, 2.05) is 31.2 Å². The predicted molar refractivity (Wildman–Crippen MR) is 109 cm³/mol. The first kappa shape index (κ1) is 19.2.